The number of carbonyl (C=O) groups is 1. The summed E-state index contributed by atoms with van der Waals surface area (Å²) in [5.74, 6) is -0.0789. The SMILES string of the molecule is CC.CCNC(CC)CNC(=O)c1ccc(-c2ccccc2C#N)nc1NCCc1cccc(F)c1. The average Bonchev–Trinajstić information content (AvgIpc) is 2.92. The zero-order chi connectivity index (χ0) is 26.3. The van der Waals surface area contributed by atoms with Crippen molar-refractivity contribution in [2.24, 2.45) is 0 Å². The molecule has 3 rings (SSSR count). The van der Waals surface area contributed by atoms with Gasteiger partial charge in [0.05, 0.1) is 22.9 Å². The molecule has 1 amide bonds. The zero-order valence-corrected chi connectivity index (χ0v) is 21.6. The van der Waals surface area contributed by atoms with Gasteiger partial charge in [-0.3, -0.25) is 4.79 Å². The number of anilines is 1. The summed E-state index contributed by atoms with van der Waals surface area (Å²) < 4.78 is 13.5. The first-order valence-corrected chi connectivity index (χ1v) is 12.6. The maximum atomic E-state index is 13.5. The minimum Gasteiger partial charge on any atom is -0.369 e. The first-order chi connectivity index (χ1) is 17.5. The number of rotatable bonds is 11. The van der Waals surface area contributed by atoms with Crippen LogP contribution in [-0.2, 0) is 6.42 Å². The van der Waals surface area contributed by atoms with E-state index in [0.717, 1.165) is 18.5 Å². The molecule has 3 N–H and O–H groups in total. The van der Waals surface area contributed by atoms with Crippen molar-refractivity contribution in [3.05, 3.63) is 83.2 Å². The van der Waals surface area contributed by atoms with Gasteiger partial charge in [0.2, 0.25) is 0 Å². The molecule has 0 saturated carbocycles. The van der Waals surface area contributed by atoms with E-state index in [1.54, 1.807) is 30.3 Å². The second-order valence-electron chi connectivity index (χ2n) is 7.93. The zero-order valence-electron chi connectivity index (χ0n) is 21.6. The van der Waals surface area contributed by atoms with Gasteiger partial charge in [-0.1, -0.05) is 58.0 Å². The smallest absolute Gasteiger partial charge is 0.255 e. The summed E-state index contributed by atoms with van der Waals surface area (Å²) in [4.78, 5) is 17.7. The first-order valence-electron chi connectivity index (χ1n) is 12.6. The lowest BCUT2D eigenvalue weighted by atomic mass is 10.0. The number of aromatic nitrogens is 1. The number of carbonyl (C=O) groups excluding carboxylic acids is 1. The Labute approximate surface area is 214 Å². The fourth-order valence-electron chi connectivity index (χ4n) is 3.71. The van der Waals surface area contributed by atoms with Crippen LogP contribution < -0.4 is 16.0 Å². The maximum absolute atomic E-state index is 13.5. The van der Waals surface area contributed by atoms with Gasteiger partial charge in [0, 0.05) is 24.7 Å². The Morgan fingerprint density at radius 2 is 1.86 bits per heavy atom. The highest BCUT2D eigenvalue weighted by molar-refractivity contribution is 5.99. The fourth-order valence-corrected chi connectivity index (χ4v) is 3.71. The van der Waals surface area contributed by atoms with Crippen LogP contribution in [0.2, 0.25) is 0 Å². The highest BCUT2D eigenvalue weighted by atomic mass is 19.1. The molecule has 0 aliphatic heterocycles. The van der Waals surface area contributed by atoms with E-state index in [1.807, 2.05) is 39.0 Å². The first kappa shape index (κ1) is 28.5. The third-order valence-corrected chi connectivity index (χ3v) is 5.55. The van der Waals surface area contributed by atoms with Gasteiger partial charge in [-0.15, -0.1) is 0 Å². The van der Waals surface area contributed by atoms with Crippen LogP contribution in [0.25, 0.3) is 11.3 Å². The summed E-state index contributed by atoms with van der Waals surface area (Å²) in [7, 11) is 0. The van der Waals surface area contributed by atoms with E-state index >= 15 is 0 Å². The van der Waals surface area contributed by atoms with E-state index in [9.17, 15) is 14.4 Å². The number of halogens is 1. The number of nitrogens with one attached hydrogen (secondary N) is 3. The van der Waals surface area contributed by atoms with E-state index in [2.05, 4.69) is 28.9 Å². The molecule has 0 spiro atoms. The molecule has 0 saturated heterocycles. The van der Waals surface area contributed by atoms with Gasteiger partial charge in [0.25, 0.3) is 5.91 Å². The molecule has 0 fully saturated rings. The van der Waals surface area contributed by atoms with Gasteiger partial charge in [-0.2, -0.15) is 5.26 Å². The van der Waals surface area contributed by atoms with Crippen molar-refractivity contribution in [2.75, 3.05) is 25.0 Å². The standard InChI is InChI=1S/C27H30FN5O.C2H6/c1-3-22(30-4-2)18-32-27(34)24-12-13-25(23-11-6-5-9-20(23)17-29)33-26(24)31-15-14-19-8-7-10-21(28)16-19;1-2/h5-13,16,22,30H,3-4,14-15,18H2,1-2H3,(H,31,33)(H,32,34);1-2H3. The molecule has 0 aliphatic rings. The Morgan fingerprint density at radius 3 is 2.56 bits per heavy atom. The summed E-state index contributed by atoms with van der Waals surface area (Å²) in [6.45, 7) is 9.91. The van der Waals surface area contributed by atoms with E-state index in [-0.39, 0.29) is 17.8 Å². The second kappa shape index (κ2) is 15.3. The molecular formula is C29H36FN5O. The molecule has 1 atom stereocenters. The van der Waals surface area contributed by atoms with Gasteiger partial charge in [0.15, 0.2) is 0 Å². The van der Waals surface area contributed by atoms with Crippen LogP contribution in [0, 0.1) is 17.1 Å². The lowest BCUT2D eigenvalue weighted by Crippen LogP contribution is -2.40. The largest absolute Gasteiger partial charge is 0.369 e. The fraction of sp³-hybridized carbons (Fsp3) is 0.345. The normalized spacial score (nSPS) is 11.0. The highest BCUT2D eigenvalue weighted by Crippen LogP contribution is 2.25. The van der Waals surface area contributed by atoms with E-state index in [4.69, 9.17) is 4.98 Å². The molecule has 2 aromatic carbocycles. The highest BCUT2D eigenvalue weighted by Gasteiger charge is 2.17. The molecule has 3 aromatic rings. The Bertz CT molecular complexity index is 1160. The van der Waals surface area contributed by atoms with Crippen LogP contribution in [0.5, 0.6) is 0 Å². The second-order valence-corrected chi connectivity index (χ2v) is 7.93. The summed E-state index contributed by atoms with van der Waals surface area (Å²) in [5.41, 5.74) is 3.07. The van der Waals surface area contributed by atoms with Gasteiger partial charge in [-0.05, 0) is 55.3 Å². The van der Waals surface area contributed by atoms with Gasteiger partial charge in [-0.25, -0.2) is 9.37 Å². The summed E-state index contributed by atoms with van der Waals surface area (Å²) >= 11 is 0. The topological polar surface area (TPSA) is 89.8 Å². The monoisotopic (exact) mass is 489 g/mol. The van der Waals surface area contributed by atoms with Crippen LogP contribution in [0.15, 0.2) is 60.7 Å². The van der Waals surface area contributed by atoms with Crippen LogP contribution in [-0.4, -0.2) is 36.6 Å². The number of amides is 1. The van der Waals surface area contributed by atoms with Crippen molar-refractivity contribution >= 4 is 11.7 Å². The molecule has 1 aromatic heterocycles. The van der Waals surface area contributed by atoms with Crippen LogP contribution in [0.4, 0.5) is 10.2 Å². The number of hydrogen-bond donors (Lipinski definition) is 3. The number of benzene rings is 2. The predicted molar refractivity (Wildman–Crippen MR) is 144 cm³/mol. The molecule has 1 heterocycles. The van der Waals surface area contributed by atoms with E-state index in [1.165, 1.54) is 12.1 Å². The van der Waals surface area contributed by atoms with Crippen LogP contribution >= 0.6 is 0 Å². The Balaban J connectivity index is 0.00000222. The average molecular weight is 490 g/mol. The third kappa shape index (κ3) is 8.17. The number of likely N-dealkylation sites (N-methyl/N-ethyl adjacent to an activating group) is 1. The number of pyridine rings is 1. The van der Waals surface area contributed by atoms with Gasteiger partial charge >= 0.3 is 0 Å². The summed E-state index contributed by atoms with van der Waals surface area (Å²) in [6, 6.07) is 19.5. The molecule has 1 unspecified atom stereocenters. The Kier molecular flexibility index (Phi) is 12.1. The van der Waals surface area contributed by atoms with Gasteiger partial charge < -0.3 is 16.0 Å². The molecule has 6 nitrogen and oxygen atoms in total. The van der Waals surface area contributed by atoms with Crippen LogP contribution in [0.3, 0.4) is 0 Å². The molecule has 0 radical (unpaired) electrons. The number of hydrogen-bond acceptors (Lipinski definition) is 5. The maximum Gasteiger partial charge on any atom is 0.255 e. The van der Waals surface area contributed by atoms with Crippen molar-refractivity contribution in [1.82, 2.24) is 15.6 Å². The van der Waals surface area contributed by atoms with Crippen molar-refractivity contribution in [2.45, 2.75) is 46.6 Å². The Morgan fingerprint density at radius 1 is 1.08 bits per heavy atom. The van der Waals surface area contributed by atoms with Crippen molar-refractivity contribution in [1.29, 1.82) is 5.26 Å². The van der Waals surface area contributed by atoms with Crippen molar-refractivity contribution < 1.29 is 9.18 Å². The molecular weight excluding hydrogens is 453 g/mol. The lowest BCUT2D eigenvalue weighted by Gasteiger charge is -2.18. The van der Waals surface area contributed by atoms with Crippen molar-refractivity contribution in [3.8, 4) is 17.3 Å². The molecule has 190 valence electrons. The molecule has 0 aliphatic carbocycles. The summed E-state index contributed by atoms with van der Waals surface area (Å²) in [6.07, 6.45) is 1.47. The predicted octanol–water partition coefficient (Wildman–Crippen LogP) is 5.56. The molecule has 0 bridgehead atoms. The quantitative estimate of drug-likeness (QED) is 0.328. The minimum absolute atomic E-state index is 0.188. The third-order valence-electron chi connectivity index (χ3n) is 5.55. The Hall–Kier alpha value is -3.76. The van der Waals surface area contributed by atoms with Gasteiger partial charge in [0.1, 0.15) is 11.6 Å². The van der Waals surface area contributed by atoms with E-state index < -0.39 is 0 Å². The molecule has 7 heteroatoms. The minimum atomic E-state index is -0.281. The lowest BCUT2D eigenvalue weighted by molar-refractivity contribution is 0.0950. The molecule has 36 heavy (non-hydrogen) atoms. The van der Waals surface area contributed by atoms with Crippen LogP contribution in [0.1, 0.15) is 55.6 Å². The summed E-state index contributed by atoms with van der Waals surface area (Å²) in [5, 5.41) is 19.1. The number of nitrogens with zero attached hydrogens (tertiary/aromatic N) is 2. The number of nitriles is 1. The van der Waals surface area contributed by atoms with Crippen molar-refractivity contribution in [3.63, 3.8) is 0 Å². The van der Waals surface area contributed by atoms with E-state index in [0.29, 0.717) is 47.7 Å².